The Balaban J connectivity index is 3.26. The third-order valence-electron chi connectivity index (χ3n) is 2.90. The number of sulfone groups is 1. The van der Waals surface area contributed by atoms with Gasteiger partial charge in [-0.25, -0.2) is 13.2 Å². The van der Waals surface area contributed by atoms with Gasteiger partial charge in [0.25, 0.3) is 0 Å². The number of aromatic carboxylic acids is 1. The van der Waals surface area contributed by atoms with Crippen LogP contribution in [0.4, 0.5) is 0 Å². The Labute approximate surface area is 112 Å². The highest BCUT2D eigenvalue weighted by atomic mass is 32.2. The summed E-state index contributed by atoms with van der Waals surface area (Å²) in [5.41, 5.74) is 1.14. The van der Waals surface area contributed by atoms with Gasteiger partial charge < -0.3 is 5.11 Å². The SMILES string of the molecule is Cc1cc(C(=O)O)cc(S(=O)(=O)CCCC#N)c1C. The monoisotopic (exact) mass is 281 g/mol. The third-order valence-corrected chi connectivity index (χ3v) is 4.82. The number of nitriles is 1. The first kappa shape index (κ1) is 15.2. The Morgan fingerprint density at radius 3 is 2.53 bits per heavy atom. The normalized spacial score (nSPS) is 11.0. The van der Waals surface area contributed by atoms with Gasteiger partial charge in [-0.15, -0.1) is 0 Å². The molecule has 0 saturated carbocycles. The van der Waals surface area contributed by atoms with Crippen LogP contribution < -0.4 is 0 Å². The maximum atomic E-state index is 12.2. The van der Waals surface area contributed by atoms with E-state index in [4.69, 9.17) is 10.4 Å². The maximum Gasteiger partial charge on any atom is 0.335 e. The zero-order valence-electron chi connectivity index (χ0n) is 10.8. The zero-order chi connectivity index (χ0) is 14.6. The van der Waals surface area contributed by atoms with Crippen molar-refractivity contribution in [3.63, 3.8) is 0 Å². The number of aryl methyl sites for hydroxylation is 1. The molecule has 1 N–H and O–H groups in total. The molecule has 0 aliphatic heterocycles. The van der Waals surface area contributed by atoms with E-state index in [9.17, 15) is 13.2 Å². The van der Waals surface area contributed by atoms with Crippen molar-refractivity contribution in [3.05, 3.63) is 28.8 Å². The van der Waals surface area contributed by atoms with Crippen molar-refractivity contribution >= 4 is 15.8 Å². The van der Waals surface area contributed by atoms with Gasteiger partial charge in [0.15, 0.2) is 9.84 Å². The molecule has 0 amide bonds. The van der Waals surface area contributed by atoms with Crippen molar-refractivity contribution in [1.82, 2.24) is 0 Å². The molecule has 0 unspecified atom stereocenters. The molecule has 5 nitrogen and oxygen atoms in total. The van der Waals surface area contributed by atoms with Crippen LogP contribution in [0.15, 0.2) is 17.0 Å². The lowest BCUT2D eigenvalue weighted by Gasteiger charge is -2.11. The molecule has 1 aromatic carbocycles. The van der Waals surface area contributed by atoms with E-state index in [1.54, 1.807) is 13.8 Å². The molecule has 6 heteroatoms. The molecule has 1 rings (SSSR count). The first-order chi connectivity index (χ1) is 8.79. The summed E-state index contributed by atoms with van der Waals surface area (Å²) < 4.78 is 24.3. The van der Waals surface area contributed by atoms with Crippen LogP contribution in [0.25, 0.3) is 0 Å². The fourth-order valence-electron chi connectivity index (χ4n) is 1.72. The Morgan fingerprint density at radius 2 is 2.00 bits per heavy atom. The number of hydrogen-bond donors (Lipinski definition) is 1. The Morgan fingerprint density at radius 1 is 1.37 bits per heavy atom. The number of nitrogens with zero attached hydrogens (tertiary/aromatic N) is 1. The predicted molar refractivity (Wildman–Crippen MR) is 69.8 cm³/mol. The summed E-state index contributed by atoms with van der Waals surface area (Å²) in [5.74, 6) is -1.30. The zero-order valence-corrected chi connectivity index (χ0v) is 11.6. The van der Waals surface area contributed by atoms with Crippen molar-refractivity contribution in [2.75, 3.05) is 5.75 Å². The average molecular weight is 281 g/mol. The predicted octanol–water partition coefficient (Wildman–Crippen LogP) is 2.08. The number of benzene rings is 1. The standard InChI is InChI=1S/C13H15NO4S/c1-9-7-11(13(15)16)8-12(10(9)2)19(17,18)6-4-3-5-14/h7-8H,3-4,6H2,1-2H3,(H,15,16). The summed E-state index contributed by atoms with van der Waals surface area (Å²) in [5, 5.41) is 17.4. The molecule has 0 spiro atoms. The summed E-state index contributed by atoms with van der Waals surface area (Å²) in [6, 6.07) is 4.53. The van der Waals surface area contributed by atoms with E-state index in [0.29, 0.717) is 11.1 Å². The van der Waals surface area contributed by atoms with Crippen molar-refractivity contribution < 1.29 is 18.3 Å². The molecule has 0 aliphatic rings. The van der Waals surface area contributed by atoms with Crippen LogP contribution in [0.2, 0.25) is 0 Å². The molecule has 0 fully saturated rings. The largest absolute Gasteiger partial charge is 0.478 e. The second kappa shape index (κ2) is 5.85. The van der Waals surface area contributed by atoms with E-state index in [0.717, 1.165) is 0 Å². The quantitative estimate of drug-likeness (QED) is 0.834. The minimum Gasteiger partial charge on any atom is -0.478 e. The third kappa shape index (κ3) is 3.55. The van der Waals surface area contributed by atoms with Crippen molar-refractivity contribution in [1.29, 1.82) is 5.26 Å². The number of hydrogen-bond acceptors (Lipinski definition) is 4. The first-order valence-corrected chi connectivity index (χ1v) is 7.39. The lowest BCUT2D eigenvalue weighted by atomic mass is 10.1. The van der Waals surface area contributed by atoms with Gasteiger partial charge in [0, 0.05) is 6.42 Å². The highest BCUT2D eigenvalue weighted by Crippen LogP contribution is 2.23. The molecule has 0 atom stereocenters. The van der Waals surface area contributed by atoms with Crippen LogP contribution in [-0.4, -0.2) is 25.2 Å². The topological polar surface area (TPSA) is 95.2 Å². The highest BCUT2D eigenvalue weighted by Gasteiger charge is 2.20. The van der Waals surface area contributed by atoms with E-state index in [-0.39, 0.29) is 29.1 Å². The molecule has 0 saturated heterocycles. The van der Waals surface area contributed by atoms with Crippen LogP contribution in [-0.2, 0) is 9.84 Å². The average Bonchev–Trinajstić information content (AvgIpc) is 2.32. The van der Waals surface area contributed by atoms with Gasteiger partial charge in [-0.2, -0.15) is 5.26 Å². The summed E-state index contributed by atoms with van der Waals surface area (Å²) >= 11 is 0. The van der Waals surface area contributed by atoms with E-state index < -0.39 is 15.8 Å². The lowest BCUT2D eigenvalue weighted by Crippen LogP contribution is -2.11. The molecule has 19 heavy (non-hydrogen) atoms. The van der Waals surface area contributed by atoms with Gasteiger partial charge in [-0.05, 0) is 43.5 Å². The van der Waals surface area contributed by atoms with E-state index in [2.05, 4.69) is 0 Å². The fourth-order valence-corrected chi connectivity index (χ4v) is 3.40. The highest BCUT2D eigenvalue weighted by molar-refractivity contribution is 7.91. The van der Waals surface area contributed by atoms with Crippen molar-refractivity contribution in [2.45, 2.75) is 31.6 Å². The van der Waals surface area contributed by atoms with E-state index in [1.807, 2.05) is 6.07 Å². The van der Waals surface area contributed by atoms with Crippen LogP contribution >= 0.6 is 0 Å². The van der Waals surface area contributed by atoms with E-state index >= 15 is 0 Å². The maximum absolute atomic E-state index is 12.2. The minimum atomic E-state index is -3.56. The lowest BCUT2D eigenvalue weighted by molar-refractivity contribution is 0.0696. The van der Waals surface area contributed by atoms with Crippen LogP contribution in [0.1, 0.15) is 34.3 Å². The smallest absolute Gasteiger partial charge is 0.335 e. The van der Waals surface area contributed by atoms with Crippen molar-refractivity contribution in [3.8, 4) is 6.07 Å². The van der Waals surface area contributed by atoms with Crippen LogP contribution in [0.5, 0.6) is 0 Å². The van der Waals surface area contributed by atoms with Gasteiger partial charge in [-0.1, -0.05) is 0 Å². The Bertz CT molecular complexity index is 641. The molecule has 102 valence electrons. The van der Waals surface area contributed by atoms with E-state index in [1.165, 1.54) is 12.1 Å². The first-order valence-electron chi connectivity index (χ1n) is 5.74. The van der Waals surface area contributed by atoms with Gasteiger partial charge in [-0.3, -0.25) is 0 Å². The fraction of sp³-hybridized carbons (Fsp3) is 0.385. The number of carboxylic acid groups (broad SMARTS) is 1. The number of unbranched alkanes of at least 4 members (excludes halogenated alkanes) is 1. The van der Waals surface area contributed by atoms with Gasteiger partial charge in [0.2, 0.25) is 0 Å². The minimum absolute atomic E-state index is 0.0399. The van der Waals surface area contributed by atoms with Gasteiger partial charge >= 0.3 is 5.97 Å². The number of carbonyl (C=O) groups is 1. The van der Waals surface area contributed by atoms with Gasteiger partial charge in [0.1, 0.15) is 0 Å². The number of carboxylic acids is 1. The molecule has 1 aromatic rings. The van der Waals surface area contributed by atoms with Crippen molar-refractivity contribution in [2.24, 2.45) is 0 Å². The second-order valence-electron chi connectivity index (χ2n) is 4.30. The molecule has 0 aliphatic carbocycles. The molecule has 0 radical (unpaired) electrons. The Kier molecular flexibility index (Phi) is 4.67. The molecule has 0 aromatic heterocycles. The second-order valence-corrected chi connectivity index (χ2v) is 6.38. The number of rotatable bonds is 5. The molecular formula is C13H15NO4S. The molecule has 0 heterocycles. The summed E-state index contributed by atoms with van der Waals surface area (Å²) in [6.45, 7) is 3.33. The summed E-state index contributed by atoms with van der Waals surface area (Å²) in [7, 11) is -3.56. The molecular weight excluding hydrogens is 266 g/mol. The Hall–Kier alpha value is -1.87. The molecule has 0 bridgehead atoms. The van der Waals surface area contributed by atoms with Crippen LogP contribution in [0.3, 0.4) is 0 Å². The van der Waals surface area contributed by atoms with Crippen LogP contribution in [0, 0.1) is 25.2 Å². The van der Waals surface area contributed by atoms with Gasteiger partial charge in [0.05, 0.1) is 22.3 Å². The summed E-state index contributed by atoms with van der Waals surface area (Å²) in [4.78, 5) is 11.0. The summed E-state index contributed by atoms with van der Waals surface area (Å²) in [6.07, 6.45) is 0.407.